The number of hydrogen-bond donors (Lipinski definition) is 1. The van der Waals surface area contributed by atoms with Gasteiger partial charge in [-0.15, -0.1) is 0 Å². The average Bonchev–Trinajstić information content (AvgIpc) is 2.43. The summed E-state index contributed by atoms with van der Waals surface area (Å²) in [6, 6.07) is 6.62. The summed E-state index contributed by atoms with van der Waals surface area (Å²) in [5, 5.41) is 0. The van der Waals surface area contributed by atoms with Gasteiger partial charge >= 0.3 is 0 Å². The molecule has 1 aromatic carbocycles. The second-order valence-electron chi connectivity index (χ2n) is 4.37. The molecule has 0 aliphatic carbocycles. The van der Waals surface area contributed by atoms with Crippen LogP contribution in [0.2, 0.25) is 0 Å². The fourth-order valence-corrected chi connectivity index (χ4v) is 4.88. The first-order valence-electron chi connectivity index (χ1n) is 6.36. The van der Waals surface area contributed by atoms with E-state index in [-0.39, 0.29) is 16.4 Å². The first-order chi connectivity index (χ1) is 8.99. The summed E-state index contributed by atoms with van der Waals surface area (Å²) in [5.41, 5.74) is 6.28. The summed E-state index contributed by atoms with van der Waals surface area (Å²) in [5.74, 6) is 0.710. The molecule has 2 N–H and O–H groups in total. The molecule has 1 atom stereocenters. The molecule has 0 heterocycles. The van der Waals surface area contributed by atoms with Crippen LogP contribution in [0, 0.1) is 0 Å². The summed E-state index contributed by atoms with van der Waals surface area (Å²) in [6.45, 7) is 2.33. The lowest BCUT2D eigenvalue weighted by Crippen LogP contribution is -2.15. The van der Waals surface area contributed by atoms with Gasteiger partial charge in [0.05, 0.1) is 10.6 Å². The topological polar surface area (TPSA) is 77.2 Å². The van der Waals surface area contributed by atoms with E-state index in [2.05, 4.69) is 0 Å². The van der Waals surface area contributed by atoms with Gasteiger partial charge in [0.2, 0.25) is 0 Å². The van der Waals surface area contributed by atoms with Crippen LogP contribution >= 0.6 is 0 Å². The standard InChI is InChI=1S/C13H21NO3S2/c1-2-3-7-18(15)8-9-19(16,17)13-6-4-5-12(10-13)11-14/h4-6,10H,2-3,7-9,11,14H2,1H3. The molecule has 1 unspecified atom stereocenters. The molecule has 0 amide bonds. The highest BCUT2D eigenvalue weighted by molar-refractivity contribution is 7.93. The zero-order valence-electron chi connectivity index (χ0n) is 11.2. The third-order valence-electron chi connectivity index (χ3n) is 2.80. The normalized spacial score (nSPS) is 13.4. The lowest BCUT2D eigenvalue weighted by molar-refractivity contribution is 0.597. The van der Waals surface area contributed by atoms with Crippen LogP contribution in [-0.2, 0) is 27.2 Å². The molecule has 0 fully saturated rings. The molecule has 0 aromatic heterocycles. The van der Waals surface area contributed by atoms with Crippen LogP contribution in [0.25, 0.3) is 0 Å². The van der Waals surface area contributed by atoms with E-state index in [9.17, 15) is 12.6 Å². The fraction of sp³-hybridized carbons (Fsp3) is 0.538. The minimum atomic E-state index is -3.36. The monoisotopic (exact) mass is 303 g/mol. The van der Waals surface area contributed by atoms with E-state index in [0.29, 0.717) is 12.3 Å². The summed E-state index contributed by atoms with van der Waals surface area (Å²) in [7, 11) is -4.41. The van der Waals surface area contributed by atoms with Crippen molar-refractivity contribution in [3.63, 3.8) is 0 Å². The van der Waals surface area contributed by atoms with Gasteiger partial charge in [-0.2, -0.15) is 0 Å². The van der Waals surface area contributed by atoms with Gasteiger partial charge in [0.25, 0.3) is 0 Å². The van der Waals surface area contributed by atoms with Crippen molar-refractivity contribution >= 4 is 20.6 Å². The largest absolute Gasteiger partial charge is 0.326 e. The number of sulfone groups is 1. The van der Waals surface area contributed by atoms with Gasteiger partial charge in [0, 0.05) is 28.9 Å². The molecule has 4 nitrogen and oxygen atoms in total. The van der Waals surface area contributed by atoms with Crippen LogP contribution in [0.3, 0.4) is 0 Å². The highest BCUT2D eigenvalue weighted by Crippen LogP contribution is 2.13. The zero-order valence-corrected chi connectivity index (χ0v) is 12.8. The third-order valence-corrected chi connectivity index (χ3v) is 6.17. The molecule has 6 heteroatoms. The minimum absolute atomic E-state index is 0.0721. The van der Waals surface area contributed by atoms with Gasteiger partial charge in [0.15, 0.2) is 9.84 Å². The quantitative estimate of drug-likeness (QED) is 0.789. The number of benzene rings is 1. The summed E-state index contributed by atoms with van der Waals surface area (Å²) in [6.07, 6.45) is 1.84. The molecule has 1 rings (SSSR count). The van der Waals surface area contributed by atoms with Gasteiger partial charge in [-0.1, -0.05) is 25.5 Å². The van der Waals surface area contributed by atoms with Crippen LogP contribution < -0.4 is 5.73 Å². The van der Waals surface area contributed by atoms with Gasteiger partial charge in [-0.05, 0) is 24.1 Å². The Hall–Kier alpha value is -0.720. The zero-order chi connectivity index (χ0) is 14.3. The van der Waals surface area contributed by atoms with Crippen molar-refractivity contribution in [1.82, 2.24) is 0 Å². The van der Waals surface area contributed by atoms with Crippen LogP contribution in [0.4, 0.5) is 0 Å². The van der Waals surface area contributed by atoms with Crippen molar-refractivity contribution in [2.75, 3.05) is 17.3 Å². The second kappa shape index (κ2) is 7.77. The first-order valence-corrected chi connectivity index (χ1v) is 9.50. The minimum Gasteiger partial charge on any atom is -0.326 e. The number of hydrogen-bond acceptors (Lipinski definition) is 4. The van der Waals surface area contributed by atoms with Gasteiger partial charge in [-0.3, -0.25) is 4.21 Å². The number of unbranched alkanes of at least 4 members (excludes halogenated alkanes) is 1. The van der Waals surface area contributed by atoms with Gasteiger partial charge in [-0.25, -0.2) is 8.42 Å². The van der Waals surface area contributed by atoms with Gasteiger partial charge in [0.1, 0.15) is 0 Å². The van der Waals surface area contributed by atoms with Crippen LogP contribution in [0.15, 0.2) is 29.2 Å². The van der Waals surface area contributed by atoms with Crippen molar-refractivity contribution in [2.45, 2.75) is 31.2 Å². The second-order valence-corrected chi connectivity index (χ2v) is 8.18. The Morgan fingerprint density at radius 2 is 2.00 bits per heavy atom. The van der Waals surface area contributed by atoms with E-state index in [1.807, 2.05) is 6.92 Å². The van der Waals surface area contributed by atoms with E-state index in [4.69, 9.17) is 5.73 Å². The molecule has 0 radical (unpaired) electrons. The molecule has 0 aliphatic heterocycles. The Bertz CT molecular complexity index is 526. The predicted octanol–water partition coefficient (Wildman–Crippen LogP) is 1.47. The van der Waals surface area contributed by atoms with Crippen molar-refractivity contribution < 1.29 is 12.6 Å². The van der Waals surface area contributed by atoms with E-state index >= 15 is 0 Å². The summed E-state index contributed by atoms with van der Waals surface area (Å²) >= 11 is 0. The average molecular weight is 303 g/mol. The number of nitrogens with two attached hydrogens (primary N) is 1. The molecular weight excluding hydrogens is 282 g/mol. The first kappa shape index (κ1) is 16.3. The van der Waals surface area contributed by atoms with Crippen molar-refractivity contribution in [1.29, 1.82) is 0 Å². The maximum absolute atomic E-state index is 12.1. The van der Waals surface area contributed by atoms with Gasteiger partial charge < -0.3 is 5.73 Å². The van der Waals surface area contributed by atoms with E-state index in [1.54, 1.807) is 24.3 Å². The molecule has 1 aromatic rings. The maximum Gasteiger partial charge on any atom is 0.179 e. The maximum atomic E-state index is 12.1. The lowest BCUT2D eigenvalue weighted by atomic mass is 10.2. The molecule has 0 saturated carbocycles. The Morgan fingerprint density at radius 3 is 2.63 bits per heavy atom. The van der Waals surface area contributed by atoms with Crippen molar-refractivity contribution in [2.24, 2.45) is 5.73 Å². The summed E-state index contributed by atoms with van der Waals surface area (Å²) < 4.78 is 35.8. The fourth-order valence-electron chi connectivity index (χ4n) is 1.59. The Labute approximate surface area is 117 Å². The van der Waals surface area contributed by atoms with Crippen LogP contribution in [0.5, 0.6) is 0 Å². The molecule has 108 valence electrons. The number of rotatable bonds is 8. The Morgan fingerprint density at radius 1 is 1.26 bits per heavy atom. The van der Waals surface area contributed by atoms with Crippen molar-refractivity contribution in [3.8, 4) is 0 Å². The smallest absolute Gasteiger partial charge is 0.179 e. The molecule has 0 spiro atoms. The lowest BCUT2D eigenvalue weighted by Gasteiger charge is -2.06. The Kier molecular flexibility index (Phi) is 6.68. The van der Waals surface area contributed by atoms with Crippen molar-refractivity contribution in [3.05, 3.63) is 29.8 Å². The highest BCUT2D eigenvalue weighted by atomic mass is 32.2. The van der Waals surface area contributed by atoms with Crippen LogP contribution in [0.1, 0.15) is 25.3 Å². The predicted molar refractivity (Wildman–Crippen MR) is 79.2 cm³/mol. The Balaban J connectivity index is 2.67. The van der Waals surface area contributed by atoms with E-state index < -0.39 is 20.6 Å². The molecule has 0 bridgehead atoms. The molecule has 19 heavy (non-hydrogen) atoms. The van der Waals surface area contributed by atoms with E-state index in [1.165, 1.54) is 0 Å². The molecular formula is C13H21NO3S2. The molecule has 0 saturated heterocycles. The summed E-state index contributed by atoms with van der Waals surface area (Å²) in [4.78, 5) is 0.267. The molecule has 0 aliphatic rings. The van der Waals surface area contributed by atoms with Crippen LogP contribution in [-0.4, -0.2) is 29.9 Å². The third kappa shape index (κ3) is 5.42. The SMILES string of the molecule is CCCCS(=O)CCS(=O)(=O)c1cccc(CN)c1. The van der Waals surface area contributed by atoms with E-state index in [0.717, 1.165) is 18.4 Å². The highest BCUT2D eigenvalue weighted by Gasteiger charge is 2.16.